The van der Waals surface area contributed by atoms with Gasteiger partial charge in [0.15, 0.2) is 0 Å². The van der Waals surface area contributed by atoms with E-state index in [1.54, 1.807) is 17.3 Å². The molecule has 1 atom stereocenters. The Labute approximate surface area is 174 Å². The van der Waals surface area contributed by atoms with Crippen molar-refractivity contribution >= 4 is 48.0 Å². The number of thiazole rings is 1. The van der Waals surface area contributed by atoms with Crippen LogP contribution in [0.15, 0.2) is 30.6 Å². The first-order chi connectivity index (χ1) is 12.2. The summed E-state index contributed by atoms with van der Waals surface area (Å²) in [4.78, 5) is 35.8. The molecule has 2 amide bonds. The highest BCUT2D eigenvalue weighted by Gasteiger charge is 2.29. The Balaban J connectivity index is 0.00000182. The molecule has 0 spiro atoms. The number of hydrogen-bond donors (Lipinski definition) is 2. The second kappa shape index (κ2) is 11.2. The van der Waals surface area contributed by atoms with Crippen molar-refractivity contribution in [2.45, 2.75) is 12.8 Å². The van der Waals surface area contributed by atoms with Crippen LogP contribution in [0.5, 0.6) is 0 Å². The maximum Gasteiger partial charge on any atom is 0.265 e. The summed E-state index contributed by atoms with van der Waals surface area (Å²) in [6.45, 7) is 1.98. The number of nitrogens with zero attached hydrogens (tertiary/aromatic N) is 3. The van der Waals surface area contributed by atoms with Crippen molar-refractivity contribution < 1.29 is 9.59 Å². The Bertz CT molecular complexity index is 744. The molecule has 3 heterocycles. The number of carbonyl (C=O) groups excluding carboxylic acids is 2. The highest BCUT2D eigenvalue weighted by molar-refractivity contribution is 7.16. The van der Waals surface area contributed by atoms with E-state index >= 15 is 0 Å². The highest BCUT2D eigenvalue weighted by atomic mass is 35.5. The Morgan fingerprint density at radius 3 is 2.81 bits per heavy atom. The number of carbonyl (C=O) groups is 2. The molecule has 27 heavy (non-hydrogen) atoms. The van der Waals surface area contributed by atoms with Crippen molar-refractivity contribution in [2.75, 3.05) is 26.2 Å². The molecule has 1 aliphatic heterocycles. The lowest BCUT2D eigenvalue weighted by Gasteiger charge is -2.31. The van der Waals surface area contributed by atoms with Crippen molar-refractivity contribution in [1.82, 2.24) is 20.2 Å². The zero-order valence-corrected chi connectivity index (χ0v) is 17.1. The molecule has 0 bridgehead atoms. The van der Waals surface area contributed by atoms with Crippen molar-refractivity contribution in [2.24, 2.45) is 11.7 Å². The van der Waals surface area contributed by atoms with Gasteiger partial charge < -0.3 is 16.0 Å². The van der Waals surface area contributed by atoms with E-state index in [1.165, 1.54) is 11.3 Å². The predicted molar refractivity (Wildman–Crippen MR) is 111 cm³/mol. The molecule has 2 aromatic rings. The first-order valence-electron chi connectivity index (χ1n) is 8.33. The highest BCUT2D eigenvalue weighted by Crippen LogP contribution is 2.26. The SMILES string of the molecule is Cl.Cl.NCCNC(=O)C1CCCN(C(=O)c2cnc(-c3ccccn3)s2)C1. The van der Waals surface area contributed by atoms with Crippen molar-refractivity contribution in [3.05, 3.63) is 35.5 Å². The number of rotatable bonds is 5. The van der Waals surface area contributed by atoms with Crippen LogP contribution in [0.3, 0.4) is 0 Å². The van der Waals surface area contributed by atoms with Crippen LogP contribution < -0.4 is 11.1 Å². The number of piperidine rings is 1. The molecule has 1 saturated heterocycles. The van der Waals surface area contributed by atoms with Gasteiger partial charge in [-0.2, -0.15) is 0 Å². The first-order valence-corrected chi connectivity index (χ1v) is 9.15. The van der Waals surface area contributed by atoms with Crippen LogP contribution in [-0.4, -0.2) is 52.9 Å². The van der Waals surface area contributed by atoms with E-state index in [-0.39, 0.29) is 42.5 Å². The lowest BCUT2D eigenvalue weighted by atomic mass is 9.97. The van der Waals surface area contributed by atoms with E-state index in [2.05, 4.69) is 15.3 Å². The predicted octanol–water partition coefficient (Wildman–Crippen LogP) is 1.98. The summed E-state index contributed by atoms with van der Waals surface area (Å²) < 4.78 is 0. The van der Waals surface area contributed by atoms with Crippen LogP contribution >= 0.6 is 36.2 Å². The maximum atomic E-state index is 12.8. The third-order valence-corrected chi connectivity index (χ3v) is 5.13. The van der Waals surface area contributed by atoms with Gasteiger partial charge in [-0.05, 0) is 25.0 Å². The van der Waals surface area contributed by atoms with Crippen LogP contribution in [0, 0.1) is 5.92 Å². The molecule has 0 saturated carbocycles. The molecule has 0 aromatic carbocycles. The van der Waals surface area contributed by atoms with Gasteiger partial charge in [0.05, 0.1) is 17.8 Å². The molecule has 0 radical (unpaired) electrons. The van der Waals surface area contributed by atoms with Gasteiger partial charge in [0.25, 0.3) is 5.91 Å². The van der Waals surface area contributed by atoms with E-state index in [0.717, 1.165) is 23.5 Å². The molecule has 10 heteroatoms. The Kier molecular flexibility index (Phi) is 9.65. The zero-order valence-electron chi connectivity index (χ0n) is 14.7. The van der Waals surface area contributed by atoms with Crippen LogP contribution in [0.4, 0.5) is 0 Å². The van der Waals surface area contributed by atoms with E-state index in [1.807, 2.05) is 18.2 Å². The van der Waals surface area contributed by atoms with Gasteiger partial charge >= 0.3 is 0 Å². The van der Waals surface area contributed by atoms with Gasteiger partial charge in [-0.1, -0.05) is 6.07 Å². The van der Waals surface area contributed by atoms with E-state index in [9.17, 15) is 9.59 Å². The zero-order chi connectivity index (χ0) is 17.6. The molecular weight excluding hydrogens is 409 g/mol. The lowest BCUT2D eigenvalue weighted by Crippen LogP contribution is -2.46. The largest absolute Gasteiger partial charge is 0.355 e. The Morgan fingerprint density at radius 1 is 1.30 bits per heavy atom. The van der Waals surface area contributed by atoms with E-state index in [4.69, 9.17) is 5.73 Å². The van der Waals surface area contributed by atoms with Gasteiger partial charge in [-0.3, -0.25) is 14.6 Å². The molecule has 1 unspecified atom stereocenters. The summed E-state index contributed by atoms with van der Waals surface area (Å²) in [6, 6.07) is 5.60. The van der Waals surface area contributed by atoms with Crippen molar-refractivity contribution in [3.63, 3.8) is 0 Å². The minimum atomic E-state index is -0.174. The van der Waals surface area contributed by atoms with Crippen LogP contribution in [0.25, 0.3) is 10.7 Å². The summed E-state index contributed by atoms with van der Waals surface area (Å²) in [5, 5.41) is 3.53. The summed E-state index contributed by atoms with van der Waals surface area (Å²) >= 11 is 1.33. The third-order valence-electron chi connectivity index (χ3n) is 4.12. The topological polar surface area (TPSA) is 101 Å². The number of likely N-dealkylation sites (tertiary alicyclic amines) is 1. The van der Waals surface area contributed by atoms with Gasteiger partial charge in [-0.15, -0.1) is 36.2 Å². The van der Waals surface area contributed by atoms with Gasteiger partial charge in [0.1, 0.15) is 9.88 Å². The minimum Gasteiger partial charge on any atom is -0.355 e. The Morgan fingerprint density at radius 2 is 2.11 bits per heavy atom. The molecule has 3 N–H and O–H groups in total. The molecule has 1 fully saturated rings. The number of nitrogens with one attached hydrogen (secondary N) is 1. The minimum absolute atomic E-state index is 0. The first kappa shape index (κ1) is 23.3. The smallest absolute Gasteiger partial charge is 0.265 e. The number of halogens is 2. The van der Waals surface area contributed by atoms with Gasteiger partial charge in [0, 0.05) is 32.4 Å². The Hall–Kier alpha value is -1.74. The number of nitrogens with two attached hydrogens (primary N) is 1. The summed E-state index contributed by atoms with van der Waals surface area (Å²) in [5.41, 5.74) is 6.17. The molecule has 0 aliphatic carbocycles. The fourth-order valence-electron chi connectivity index (χ4n) is 2.85. The van der Waals surface area contributed by atoms with Gasteiger partial charge in [0.2, 0.25) is 5.91 Å². The fourth-order valence-corrected chi connectivity index (χ4v) is 3.71. The van der Waals surface area contributed by atoms with Gasteiger partial charge in [-0.25, -0.2) is 4.98 Å². The van der Waals surface area contributed by atoms with Crippen LogP contribution in [0.2, 0.25) is 0 Å². The molecule has 3 rings (SSSR count). The van der Waals surface area contributed by atoms with Crippen molar-refractivity contribution in [1.29, 1.82) is 0 Å². The second-order valence-electron chi connectivity index (χ2n) is 5.91. The molecule has 2 aromatic heterocycles. The molecule has 148 valence electrons. The average Bonchev–Trinajstić information content (AvgIpc) is 3.16. The summed E-state index contributed by atoms with van der Waals surface area (Å²) in [5.74, 6) is -0.273. The summed E-state index contributed by atoms with van der Waals surface area (Å²) in [7, 11) is 0. The molecule has 1 aliphatic rings. The number of aromatic nitrogens is 2. The lowest BCUT2D eigenvalue weighted by molar-refractivity contribution is -0.126. The number of hydrogen-bond acceptors (Lipinski definition) is 6. The normalized spacial score (nSPS) is 16.0. The fraction of sp³-hybridized carbons (Fsp3) is 0.412. The van der Waals surface area contributed by atoms with E-state index < -0.39 is 0 Å². The van der Waals surface area contributed by atoms with Crippen LogP contribution in [0.1, 0.15) is 22.5 Å². The number of amides is 2. The number of pyridine rings is 1. The molecule has 7 nitrogen and oxygen atoms in total. The quantitative estimate of drug-likeness (QED) is 0.753. The average molecular weight is 432 g/mol. The maximum absolute atomic E-state index is 12.8. The standard InChI is InChI=1S/C17H21N5O2S.2ClH/c18-6-8-20-15(23)12-4-3-9-22(11-12)17(24)14-10-21-16(25-14)13-5-1-2-7-19-13;;/h1-2,5,7,10,12H,3-4,6,8-9,11,18H2,(H,20,23);2*1H. The summed E-state index contributed by atoms with van der Waals surface area (Å²) in [6.07, 6.45) is 4.91. The van der Waals surface area contributed by atoms with E-state index in [0.29, 0.717) is 31.1 Å². The van der Waals surface area contributed by atoms with Crippen molar-refractivity contribution in [3.8, 4) is 10.7 Å². The van der Waals surface area contributed by atoms with Crippen LogP contribution in [-0.2, 0) is 4.79 Å². The monoisotopic (exact) mass is 431 g/mol. The second-order valence-corrected chi connectivity index (χ2v) is 6.95. The molecular formula is C17H23Cl2N5O2S. The third kappa shape index (κ3) is 5.87.